The predicted molar refractivity (Wildman–Crippen MR) is 57.0 cm³/mol. The third-order valence-corrected chi connectivity index (χ3v) is 1.69. The highest BCUT2D eigenvalue weighted by Gasteiger charge is 1.96. The first-order valence-electron chi connectivity index (χ1n) is 4.61. The van der Waals surface area contributed by atoms with Crippen molar-refractivity contribution < 1.29 is 4.74 Å². The Morgan fingerprint density at radius 2 is 1.92 bits per heavy atom. The van der Waals surface area contributed by atoms with Crippen molar-refractivity contribution >= 4 is 0 Å². The van der Waals surface area contributed by atoms with Crippen molar-refractivity contribution in [1.82, 2.24) is 0 Å². The van der Waals surface area contributed by atoms with E-state index >= 15 is 0 Å². The maximum Gasteiger partial charge on any atom is 0.121 e. The first kappa shape index (κ1) is 12.0. The van der Waals surface area contributed by atoms with Gasteiger partial charge in [-0.2, -0.15) is 0 Å². The summed E-state index contributed by atoms with van der Waals surface area (Å²) in [5, 5.41) is 0. The normalized spacial score (nSPS) is 8.69. The summed E-state index contributed by atoms with van der Waals surface area (Å²) in [6, 6.07) is 5.96. The standard InChI is InChI=1S/C9H13NO.C2H6/c1-7-5-8(6-10)3-4-9(7)11-2;1-2/h3-5H,6,10H2,1-2H3;1-2H3. The van der Waals surface area contributed by atoms with E-state index in [2.05, 4.69) is 0 Å². The van der Waals surface area contributed by atoms with Gasteiger partial charge in [0.05, 0.1) is 7.11 Å². The number of benzene rings is 1. The molecule has 0 heterocycles. The second kappa shape index (κ2) is 6.49. The molecule has 2 nitrogen and oxygen atoms in total. The van der Waals surface area contributed by atoms with Gasteiger partial charge in [-0.05, 0) is 24.1 Å². The third kappa shape index (κ3) is 3.47. The van der Waals surface area contributed by atoms with E-state index in [0.717, 1.165) is 16.9 Å². The minimum Gasteiger partial charge on any atom is -0.496 e. The molecule has 0 radical (unpaired) electrons. The Labute approximate surface area is 80.7 Å². The molecule has 0 aliphatic rings. The molecule has 13 heavy (non-hydrogen) atoms. The lowest BCUT2D eigenvalue weighted by Gasteiger charge is -2.05. The van der Waals surface area contributed by atoms with E-state index in [1.165, 1.54) is 0 Å². The molecule has 0 atom stereocenters. The molecular formula is C11H19NO. The Hall–Kier alpha value is -1.02. The Kier molecular flexibility index (Phi) is 5.98. The van der Waals surface area contributed by atoms with Crippen LogP contribution in [0.1, 0.15) is 25.0 Å². The number of methoxy groups -OCH3 is 1. The molecule has 0 aliphatic carbocycles. The van der Waals surface area contributed by atoms with Crippen LogP contribution in [0.15, 0.2) is 18.2 Å². The van der Waals surface area contributed by atoms with Gasteiger partial charge in [-0.3, -0.25) is 0 Å². The Balaban J connectivity index is 0.000000671. The quantitative estimate of drug-likeness (QED) is 0.760. The van der Waals surface area contributed by atoms with Crippen LogP contribution in [0.3, 0.4) is 0 Å². The van der Waals surface area contributed by atoms with E-state index in [-0.39, 0.29) is 0 Å². The van der Waals surface area contributed by atoms with Gasteiger partial charge < -0.3 is 10.5 Å². The van der Waals surface area contributed by atoms with Crippen molar-refractivity contribution in [3.8, 4) is 5.75 Å². The Bertz CT molecular complexity index is 246. The molecule has 1 aromatic carbocycles. The van der Waals surface area contributed by atoms with Gasteiger partial charge >= 0.3 is 0 Å². The molecule has 0 bridgehead atoms. The number of hydrogen-bond donors (Lipinski definition) is 1. The van der Waals surface area contributed by atoms with Crippen LogP contribution in [-0.4, -0.2) is 7.11 Å². The molecule has 74 valence electrons. The SMILES string of the molecule is CC.COc1ccc(CN)cc1C. The molecule has 1 aromatic rings. The van der Waals surface area contributed by atoms with E-state index in [9.17, 15) is 0 Å². The molecule has 0 fully saturated rings. The van der Waals surface area contributed by atoms with Crippen LogP contribution >= 0.6 is 0 Å². The second-order valence-corrected chi connectivity index (χ2v) is 2.51. The lowest BCUT2D eigenvalue weighted by Crippen LogP contribution is -1.97. The Morgan fingerprint density at radius 1 is 1.31 bits per heavy atom. The van der Waals surface area contributed by atoms with E-state index in [1.807, 2.05) is 39.0 Å². The summed E-state index contributed by atoms with van der Waals surface area (Å²) >= 11 is 0. The van der Waals surface area contributed by atoms with Crippen LogP contribution in [0, 0.1) is 6.92 Å². The van der Waals surface area contributed by atoms with Gasteiger partial charge in [0.25, 0.3) is 0 Å². The van der Waals surface area contributed by atoms with E-state index < -0.39 is 0 Å². The van der Waals surface area contributed by atoms with Crippen molar-refractivity contribution in [2.24, 2.45) is 5.73 Å². The maximum absolute atomic E-state index is 5.47. The molecule has 0 saturated carbocycles. The largest absolute Gasteiger partial charge is 0.496 e. The zero-order chi connectivity index (χ0) is 10.3. The molecule has 2 N–H and O–H groups in total. The molecule has 2 heteroatoms. The van der Waals surface area contributed by atoms with Crippen LogP contribution in [-0.2, 0) is 6.54 Å². The van der Waals surface area contributed by atoms with Crippen LogP contribution in [0.4, 0.5) is 0 Å². The van der Waals surface area contributed by atoms with Gasteiger partial charge in [0.2, 0.25) is 0 Å². The zero-order valence-electron chi connectivity index (χ0n) is 8.92. The second-order valence-electron chi connectivity index (χ2n) is 2.51. The molecule has 0 spiro atoms. The summed E-state index contributed by atoms with van der Waals surface area (Å²) in [5.74, 6) is 0.919. The highest BCUT2D eigenvalue weighted by atomic mass is 16.5. The number of rotatable bonds is 2. The Morgan fingerprint density at radius 3 is 2.31 bits per heavy atom. The first-order chi connectivity index (χ1) is 6.27. The number of hydrogen-bond acceptors (Lipinski definition) is 2. The number of aryl methyl sites for hydroxylation is 1. The minimum absolute atomic E-state index is 0.588. The highest BCUT2D eigenvalue weighted by molar-refractivity contribution is 5.35. The lowest BCUT2D eigenvalue weighted by atomic mass is 10.1. The minimum atomic E-state index is 0.588. The summed E-state index contributed by atoms with van der Waals surface area (Å²) in [7, 11) is 1.67. The molecule has 0 unspecified atom stereocenters. The van der Waals surface area contributed by atoms with Gasteiger partial charge in [-0.25, -0.2) is 0 Å². The van der Waals surface area contributed by atoms with Crippen LogP contribution < -0.4 is 10.5 Å². The van der Waals surface area contributed by atoms with Crippen LogP contribution in [0.5, 0.6) is 5.75 Å². The number of nitrogens with two attached hydrogens (primary N) is 1. The van der Waals surface area contributed by atoms with Crippen molar-refractivity contribution in [1.29, 1.82) is 0 Å². The van der Waals surface area contributed by atoms with Gasteiger partial charge in [0.1, 0.15) is 5.75 Å². The molecule has 0 aliphatic heterocycles. The highest BCUT2D eigenvalue weighted by Crippen LogP contribution is 2.17. The van der Waals surface area contributed by atoms with E-state index in [1.54, 1.807) is 7.11 Å². The van der Waals surface area contributed by atoms with Crippen molar-refractivity contribution in [3.63, 3.8) is 0 Å². The van der Waals surface area contributed by atoms with Crippen molar-refractivity contribution in [2.75, 3.05) is 7.11 Å². The monoisotopic (exact) mass is 181 g/mol. The smallest absolute Gasteiger partial charge is 0.121 e. The fourth-order valence-electron chi connectivity index (χ4n) is 1.07. The summed E-state index contributed by atoms with van der Waals surface area (Å²) < 4.78 is 5.10. The molecule has 1 rings (SSSR count). The van der Waals surface area contributed by atoms with Crippen molar-refractivity contribution in [2.45, 2.75) is 27.3 Å². The maximum atomic E-state index is 5.47. The fraction of sp³-hybridized carbons (Fsp3) is 0.455. The van der Waals surface area contributed by atoms with Crippen LogP contribution in [0.2, 0.25) is 0 Å². The van der Waals surface area contributed by atoms with Gasteiger partial charge in [0, 0.05) is 6.54 Å². The van der Waals surface area contributed by atoms with E-state index in [4.69, 9.17) is 10.5 Å². The van der Waals surface area contributed by atoms with E-state index in [0.29, 0.717) is 6.54 Å². The average molecular weight is 181 g/mol. The van der Waals surface area contributed by atoms with Gasteiger partial charge in [0.15, 0.2) is 0 Å². The third-order valence-electron chi connectivity index (χ3n) is 1.69. The zero-order valence-corrected chi connectivity index (χ0v) is 8.92. The molecular weight excluding hydrogens is 162 g/mol. The van der Waals surface area contributed by atoms with Gasteiger partial charge in [-0.15, -0.1) is 0 Å². The molecule has 0 amide bonds. The van der Waals surface area contributed by atoms with Crippen LogP contribution in [0.25, 0.3) is 0 Å². The topological polar surface area (TPSA) is 35.2 Å². The first-order valence-corrected chi connectivity index (χ1v) is 4.61. The molecule has 0 aromatic heterocycles. The van der Waals surface area contributed by atoms with Gasteiger partial charge in [-0.1, -0.05) is 26.0 Å². The molecule has 0 saturated heterocycles. The lowest BCUT2D eigenvalue weighted by molar-refractivity contribution is 0.411. The summed E-state index contributed by atoms with van der Waals surface area (Å²) in [4.78, 5) is 0. The summed E-state index contributed by atoms with van der Waals surface area (Å²) in [6.07, 6.45) is 0. The van der Waals surface area contributed by atoms with Crippen molar-refractivity contribution in [3.05, 3.63) is 29.3 Å². The number of ether oxygens (including phenoxy) is 1. The fourth-order valence-corrected chi connectivity index (χ4v) is 1.07. The predicted octanol–water partition coefficient (Wildman–Crippen LogP) is 2.49. The average Bonchev–Trinajstić information content (AvgIpc) is 2.20. The summed E-state index contributed by atoms with van der Waals surface area (Å²) in [6.45, 7) is 6.60. The summed E-state index contributed by atoms with van der Waals surface area (Å²) in [5.41, 5.74) is 7.75.